The monoisotopic (exact) mass is 376 g/mol. The number of esters is 1. The highest BCUT2D eigenvalue weighted by Crippen LogP contribution is 2.21. The molecule has 0 atom stereocenters. The van der Waals surface area contributed by atoms with Gasteiger partial charge in [-0.3, -0.25) is 9.10 Å². The molecular formula is C18H20N2O5S. The Morgan fingerprint density at radius 3 is 2.19 bits per heavy atom. The lowest BCUT2D eigenvalue weighted by Gasteiger charge is -2.25. The quantitative estimate of drug-likeness (QED) is 0.719. The van der Waals surface area contributed by atoms with Crippen molar-refractivity contribution in [1.82, 2.24) is 0 Å². The van der Waals surface area contributed by atoms with Crippen LogP contribution in [0.4, 0.5) is 11.4 Å². The minimum Gasteiger partial charge on any atom is -0.465 e. The van der Waals surface area contributed by atoms with Gasteiger partial charge in [-0.15, -0.1) is 0 Å². The van der Waals surface area contributed by atoms with Gasteiger partial charge >= 0.3 is 5.97 Å². The minimum absolute atomic E-state index is 0.197. The molecule has 2 rings (SSSR count). The maximum Gasteiger partial charge on any atom is 0.337 e. The molecule has 7 nitrogen and oxygen atoms in total. The molecule has 138 valence electrons. The molecule has 26 heavy (non-hydrogen) atoms. The number of nitrogens with zero attached hydrogens (tertiary/aromatic N) is 2. The molecule has 0 saturated carbocycles. The van der Waals surface area contributed by atoms with Gasteiger partial charge in [0.25, 0.3) is 0 Å². The molecule has 0 fully saturated rings. The zero-order valence-corrected chi connectivity index (χ0v) is 15.6. The van der Waals surface area contributed by atoms with Gasteiger partial charge in [-0.2, -0.15) is 0 Å². The van der Waals surface area contributed by atoms with Crippen LogP contribution in [0.5, 0.6) is 0 Å². The van der Waals surface area contributed by atoms with Crippen molar-refractivity contribution >= 4 is 33.3 Å². The summed E-state index contributed by atoms with van der Waals surface area (Å²) < 4.78 is 30.0. The SMILES string of the molecule is COC(=O)c1cccc(N(CC(=O)N(C)c2ccccc2)S(C)(=O)=O)c1. The van der Waals surface area contributed by atoms with E-state index < -0.39 is 28.4 Å². The third-order valence-corrected chi connectivity index (χ3v) is 4.89. The second-order valence-electron chi connectivity index (χ2n) is 5.60. The number of amides is 1. The van der Waals surface area contributed by atoms with E-state index in [4.69, 9.17) is 0 Å². The number of sulfonamides is 1. The molecule has 0 aliphatic carbocycles. The van der Waals surface area contributed by atoms with Crippen LogP contribution in [0, 0.1) is 0 Å². The molecule has 2 aromatic carbocycles. The Morgan fingerprint density at radius 1 is 1.00 bits per heavy atom. The Bertz CT molecular complexity index is 897. The first-order chi connectivity index (χ1) is 12.2. The number of likely N-dealkylation sites (N-methyl/N-ethyl adjacent to an activating group) is 1. The number of hydrogen-bond donors (Lipinski definition) is 0. The molecule has 0 spiro atoms. The standard InChI is InChI=1S/C18H20N2O5S/c1-19(15-9-5-4-6-10-15)17(21)13-20(26(3,23)24)16-11-7-8-14(12-16)18(22)25-2/h4-12H,13H2,1-3H3. The molecule has 0 heterocycles. The van der Waals surface area contributed by atoms with Crippen LogP contribution in [0.25, 0.3) is 0 Å². The average Bonchev–Trinajstić information content (AvgIpc) is 2.64. The molecule has 8 heteroatoms. The highest BCUT2D eigenvalue weighted by atomic mass is 32.2. The second kappa shape index (κ2) is 8.01. The van der Waals surface area contributed by atoms with Crippen molar-refractivity contribution in [2.75, 3.05) is 36.2 Å². The summed E-state index contributed by atoms with van der Waals surface area (Å²) in [6.45, 7) is -0.394. The Labute approximate surface area is 152 Å². The van der Waals surface area contributed by atoms with Gasteiger partial charge in [-0.25, -0.2) is 13.2 Å². The molecule has 0 N–H and O–H groups in total. The summed E-state index contributed by atoms with van der Waals surface area (Å²) in [7, 11) is -0.934. The predicted octanol–water partition coefficient (Wildman–Crippen LogP) is 1.90. The van der Waals surface area contributed by atoms with Crippen LogP contribution in [0.15, 0.2) is 54.6 Å². The molecule has 0 aromatic heterocycles. The maximum atomic E-state index is 12.6. The van der Waals surface area contributed by atoms with Gasteiger partial charge in [0.05, 0.1) is 24.6 Å². The van der Waals surface area contributed by atoms with Gasteiger partial charge in [0.1, 0.15) is 6.54 Å². The van der Waals surface area contributed by atoms with E-state index in [9.17, 15) is 18.0 Å². The third-order valence-electron chi connectivity index (χ3n) is 3.75. The molecule has 0 unspecified atom stereocenters. The fourth-order valence-electron chi connectivity index (χ4n) is 2.33. The van der Waals surface area contributed by atoms with Gasteiger partial charge in [0.2, 0.25) is 15.9 Å². The van der Waals surface area contributed by atoms with Crippen LogP contribution in [0.2, 0.25) is 0 Å². The molecule has 0 saturated heterocycles. The van der Waals surface area contributed by atoms with Crippen molar-refractivity contribution in [2.24, 2.45) is 0 Å². The first-order valence-electron chi connectivity index (χ1n) is 7.71. The molecule has 0 aliphatic rings. The summed E-state index contributed by atoms with van der Waals surface area (Å²) in [5.41, 5.74) is 1.06. The number of carbonyl (C=O) groups is 2. The van der Waals surface area contributed by atoms with E-state index in [-0.39, 0.29) is 11.3 Å². The zero-order valence-electron chi connectivity index (χ0n) is 14.7. The Morgan fingerprint density at radius 2 is 1.62 bits per heavy atom. The van der Waals surface area contributed by atoms with E-state index in [2.05, 4.69) is 4.74 Å². The third kappa shape index (κ3) is 4.60. The first-order valence-corrected chi connectivity index (χ1v) is 9.56. The molecule has 0 radical (unpaired) electrons. The summed E-state index contributed by atoms with van der Waals surface area (Å²) in [4.78, 5) is 25.6. The molecule has 1 amide bonds. The highest BCUT2D eigenvalue weighted by molar-refractivity contribution is 7.92. The van der Waals surface area contributed by atoms with Crippen LogP contribution in [-0.2, 0) is 19.6 Å². The molecular weight excluding hydrogens is 356 g/mol. The topological polar surface area (TPSA) is 84.0 Å². The Balaban J connectivity index is 2.32. The van der Waals surface area contributed by atoms with Crippen LogP contribution in [0.3, 0.4) is 0 Å². The summed E-state index contributed by atoms with van der Waals surface area (Å²) in [5.74, 6) is -1.00. The summed E-state index contributed by atoms with van der Waals surface area (Å²) >= 11 is 0. The number of para-hydroxylation sites is 1. The highest BCUT2D eigenvalue weighted by Gasteiger charge is 2.24. The second-order valence-corrected chi connectivity index (χ2v) is 7.51. The summed E-state index contributed by atoms with van der Waals surface area (Å²) in [6.07, 6.45) is 1.01. The van der Waals surface area contributed by atoms with Crippen molar-refractivity contribution < 1.29 is 22.7 Å². The van der Waals surface area contributed by atoms with E-state index in [1.165, 1.54) is 36.3 Å². The van der Waals surface area contributed by atoms with Crippen LogP contribution >= 0.6 is 0 Å². The number of carbonyl (C=O) groups excluding carboxylic acids is 2. The largest absolute Gasteiger partial charge is 0.465 e. The normalized spacial score (nSPS) is 10.9. The maximum absolute atomic E-state index is 12.6. The van der Waals surface area contributed by atoms with Crippen molar-refractivity contribution in [3.05, 3.63) is 60.2 Å². The lowest BCUT2D eigenvalue weighted by Crippen LogP contribution is -2.41. The van der Waals surface area contributed by atoms with Crippen LogP contribution < -0.4 is 9.21 Å². The number of benzene rings is 2. The summed E-state index contributed by atoms with van der Waals surface area (Å²) in [6, 6.07) is 14.8. The van der Waals surface area contributed by atoms with Crippen molar-refractivity contribution in [2.45, 2.75) is 0 Å². The fraction of sp³-hybridized carbons (Fsp3) is 0.222. The average molecular weight is 376 g/mol. The van der Waals surface area contributed by atoms with E-state index in [1.54, 1.807) is 31.3 Å². The fourth-order valence-corrected chi connectivity index (χ4v) is 3.17. The van der Waals surface area contributed by atoms with Gasteiger partial charge in [0.15, 0.2) is 0 Å². The van der Waals surface area contributed by atoms with Crippen LogP contribution in [0.1, 0.15) is 10.4 Å². The minimum atomic E-state index is -3.74. The van der Waals surface area contributed by atoms with Gasteiger partial charge in [-0.05, 0) is 30.3 Å². The smallest absolute Gasteiger partial charge is 0.337 e. The van der Waals surface area contributed by atoms with Crippen LogP contribution in [-0.4, -0.2) is 47.3 Å². The number of ether oxygens (including phenoxy) is 1. The lowest BCUT2D eigenvalue weighted by atomic mass is 10.2. The molecule has 2 aromatic rings. The van der Waals surface area contributed by atoms with E-state index in [1.807, 2.05) is 6.07 Å². The first kappa shape index (κ1) is 19.5. The van der Waals surface area contributed by atoms with Crippen molar-refractivity contribution in [3.63, 3.8) is 0 Å². The number of anilines is 2. The van der Waals surface area contributed by atoms with E-state index >= 15 is 0 Å². The van der Waals surface area contributed by atoms with Gasteiger partial charge in [-0.1, -0.05) is 24.3 Å². The zero-order chi connectivity index (χ0) is 19.3. The molecule has 0 aliphatic heterocycles. The number of rotatable bonds is 6. The lowest BCUT2D eigenvalue weighted by molar-refractivity contribution is -0.116. The Kier molecular flexibility index (Phi) is 5.99. The molecule has 0 bridgehead atoms. The number of hydrogen-bond acceptors (Lipinski definition) is 5. The number of methoxy groups -OCH3 is 1. The van der Waals surface area contributed by atoms with Gasteiger partial charge < -0.3 is 9.64 Å². The van der Waals surface area contributed by atoms with E-state index in [0.717, 1.165) is 10.6 Å². The van der Waals surface area contributed by atoms with Gasteiger partial charge in [0, 0.05) is 12.7 Å². The summed E-state index contributed by atoms with van der Waals surface area (Å²) in [5, 5.41) is 0. The van der Waals surface area contributed by atoms with E-state index in [0.29, 0.717) is 5.69 Å². The predicted molar refractivity (Wildman–Crippen MR) is 99.8 cm³/mol. The Hall–Kier alpha value is -2.87. The van der Waals surface area contributed by atoms with Crippen molar-refractivity contribution in [1.29, 1.82) is 0 Å². The van der Waals surface area contributed by atoms with Crippen molar-refractivity contribution in [3.8, 4) is 0 Å².